The van der Waals surface area contributed by atoms with Gasteiger partial charge < -0.3 is 10.2 Å². The van der Waals surface area contributed by atoms with Crippen molar-refractivity contribution in [1.82, 2.24) is 10.2 Å². The third-order valence-corrected chi connectivity index (χ3v) is 4.39. The molecular formula is C13H16BrN3OS. The maximum Gasteiger partial charge on any atom is 0.226 e. The third-order valence-electron chi connectivity index (χ3n) is 2.42. The average molecular weight is 342 g/mol. The maximum absolute atomic E-state index is 5.71. The van der Waals surface area contributed by atoms with Crippen LogP contribution in [0, 0.1) is 0 Å². The van der Waals surface area contributed by atoms with Crippen LogP contribution < -0.4 is 5.73 Å². The molecule has 1 aromatic carbocycles. The highest BCUT2D eigenvalue weighted by Gasteiger charge is 2.21. The first kappa shape index (κ1) is 14.4. The zero-order valence-corrected chi connectivity index (χ0v) is 13.5. The summed E-state index contributed by atoms with van der Waals surface area (Å²) in [6.07, 6.45) is 0. The molecule has 0 atom stereocenters. The summed E-state index contributed by atoms with van der Waals surface area (Å²) in [6.45, 7) is 6.15. The normalized spacial score (nSPS) is 11.8. The second-order valence-electron chi connectivity index (χ2n) is 5.23. The first-order chi connectivity index (χ1) is 8.86. The summed E-state index contributed by atoms with van der Waals surface area (Å²) in [5.41, 5.74) is 6.33. The van der Waals surface area contributed by atoms with Crippen LogP contribution in [0.5, 0.6) is 0 Å². The Morgan fingerprint density at radius 2 is 2.05 bits per heavy atom. The van der Waals surface area contributed by atoms with Gasteiger partial charge in [0, 0.05) is 20.5 Å². The largest absolute Gasteiger partial charge is 0.424 e. The highest BCUT2D eigenvalue weighted by Crippen LogP contribution is 2.31. The first-order valence-electron chi connectivity index (χ1n) is 5.87. The number of benzene rings is 1. The van der Waals surface area contributed by atoms with E-state index in [-0.39, 0.29) is 5.41 Å². The molecule has 0 aliphatic carbocycles. The average Bonchev–Trinajstić information content (AvgIpc) is 2.76. The Bertz CT molecular complexity index is 578. The monoisotopic (exact) mass is 341 g/mol. The van der Waals surface area contributed by atoms with Crippen molar-refractivity contribution in [1.29, 1.82) is 0 Å². The van der Waals surface area contributed by atoms with Crippen molar-refractivity contribution in [3.8, 4) is 0 Å². The standard InChI is InChI=1S/C13H16BrN3OS/c1-13(2,3)12-17-16-11(18-12)7-19-10-5-4-8(15)6-9(10)14/h4-6H,7,15H2,1-3H3. The van der Waals surface area contributed by atoms with Crippen molar-refractivity contribution in [2.45, 2.75) is 36.8 Å². The molecule has 0 saturated heterocycles. The number of anilines is 1. The van der Waals surface area contributed by atoms with Crippen molar-refractivity contribution in [2.75, 3.05) is 5.73 Å². The van der Waals surface area contributed by atoms with E-state index < -0.39 is 0 Å². The van der Waals surface area contributed by atoms with Gasteiger partial charge in [-0.1, -0.05) is 20.8 Å². The molecule has 0 aliphatic rings. The van der Waals surface area contributed by atoms with Gasteiger partial charge in [0.2, 0.25) is 11.8 Å². The summed E-state index contributed by atoms with van der Waals surface area (Å²) in [5, 5.41) is 8.14. The van der Waals surface area contributed by atoms with E-state index in [1.165, 1.54) is 0 Å². The summed E-state index contributed by atoms with van der Waals surface area (Å²) in [4.78, 5) is 1.10. The van der Waals surface area contributed by atoms with Crippen LogP contribution in [0.1, 0.15) is 32.6 Å². The van der Waals surface area contributed by atoms with Gasteiger partial charge >= 0.3 is 0 Å². The van der Waals surface area contributed by atoms with Crippen LogP contribution >= 0.6 is 27.7 Å². The van der Waals surface area contributed by atoms with Crippen molar-refractivity contribution < 1.29 is 4.42 Å². The van der Waals surface area contributed by atoms with E-state index in [4.69, 9.17) is 10.2 Å². The molecule has 0 radical (unpaired) electrons. The smallest absolute Gasteiger partial charge is 0.226 e. The van der Waals surface area contributed by atoms with Crippen LogP contribution in [0.25, 0.3) is 0 Å². The molecule has 19 heavy (non-hydrogen) atoms. The Morgan fingerprint density at radius 1 is 1.32 bits per heavy atom. The topological polar surface area (TPSA) is 64.9 Å². The van der Waals surface area contributed by atoms with E-state index in [2.05, 4.69) is 26.1 Å². The molecule has 0 spiro atoms. The van der Waals surface area contributed by atoms with Crippen molar-refractivity contribution >= 4 is 33.4 Å². The lowest BCUT2D eigenvalue weighted by molar-refractivity contribution is 0.378. The number of nitrogens with two attached hydrogens (primary N) is 1. The molecule has 2 aromatic rings. The number of nitrogen functional groups attached to an aromatic ring is 1. The van der Waals surface area contributed by atoms with Gasteiger partial charge in [-0.2, -0.15) is 0 Å². The van der Waals surface area contributed by atoms with E-state index in [0.29, 0.717) is 17.5 Å². The molecule has 1 heterocycles. The predicted molar refractivity (Wildman–Crippen MR) is 81.1 cm³/mol. The number of aromatic nitrogens is 2. The number of rotatable bonds is 3. The minimum Gasteiger partial charge on any atom is -0.424 e. The van der Waals surface area contributed by atoms with E-state index >= 15 is 0 Å². The second-order valence-corrected chi connectivity index (χ2v) is 7.10. The molecule has 0 fully saturated rings. The van der Waals surface area contributed by atoms with Gasteiger partial charge in [-0.15, -0.1) is 22.0 Å². The van der Waals surface area contributed by atoms with Crippen LogP contribution in [-0.4, -0.2) is 10.2 Å². The van der Waals surface area contributed by atoms with E-state index in [1.807, 2.05) is 39.0 Å². The molecule has 4 nitrogen and oxygen atoms in total. The van der Waals surface area contributed by atoms with E-state index in [9.17, 15) is 0 Å². The van der Waals surface area contributed by atoms with Crippen molar-refractivity contribution in [3.05, 3.63) is 34.5 Å². The summed E-state index contributed by atoms with van der Waals surface area (Å²) < 4.78 is 6.63. The number of thioether (sulfide) groups is 1. The van der Waals surface area contributed by atoms with Crippen molar-refractivity contribution in [2.24, 2.45) is 0 Å². The number of nitrogens with zero attached hydrogens (tertiary/aromatic N) is 2. The van der Waals surface area contributed by atoms with Crippen molar-refractivity contribution in [3.63, 3.8) is 0 Å². The van der Waals surface area contributed by atoms with Gasteiger partial charge in [0.1, 0.15) is 0 Å². The molecule has 0 amide bonds. The van der Waals surface area contributed by atoms with Gasteiger partial charge in [0.15, 0.2) is 0 Å². The summed E-state index contributed by atoms with van der Waals surface area (Å²) in [7, 11) is 0. The molecule has 0 aliphatic heterocycles. The third kappa shape index (κ3) is 3.73. The SMILES string of the molecule is CC(C)(C)c1nnc(CSc2ccc(N)cc2Br)o1. The molecule has 102 valence electrons. The van der Waals surface area contributed by atoms with Gasteiger partial charge in [0.25, 0.3) is 0 Å². The maximum atomic E-state index is 5.71. The highest BCUT2D eigenvalue weighted by molar-refractivity contribution is 9.10. The van der Waals surface area contributed by atoms with Gasteiger partial charge in [-0.25, -0.2) is 0 Å². The minimum atomic E-state index is -0.113. The van der Waals surface area contributed by atoms with Gasteiger partial charge in [-0.3, -0.25) is 0 Å². The Morgan fingerprint density at radius 3 is 2.63 bits per heavy atom. The van der Waals surface area contributed by atoms with Crippen LogP contribution in [0.3, 0.4) is 0 Å². The molecule has 6 heteroatoms. The van der Waals surface area contributed by atoms with Crippen LogP contribution in [-0.2, 0) is 11.2 Å². The Labute approximate surface area is 125 Å². The fraction of sp³-hybridized carbons (Fsp3) is 0.385. The number of hydrogen-bond acceptors (Lipinski definition) is 5. The van der Waals surface area contributed by atoms with Gasteiger partial charge in [0.05, 0.1) is 5.75 Å². The molecule has 2 rings (SSSR count). The Kier molecular flexibility index (Phi) is 4.20. The molecular weight excluding hydrogens is 326 g/mol. The predicted octanol–water partition coefficient (Wildman–Crippen LogP) is 4.00. The lowest BCUT2D eigenvalue weighted by Crippen LogP contribution is -2.11. The quantitative estimate of drug-likeness (QED) is 0.675. The number of hydrogen-bond donors (Lipinski definition) is 1. The molecule has 2 N–H and O–H groups in total. The molecule has 0 bridgehead atoms. The first-order valence-corrected chi connectivity index (χ1v) is 7.65. The fourth-order valence-electron chi connectivity index (χ4n) is 1.39. The fourth-order valence-corrected chi connectivity index (χ4v) is 2.89. The molecule has 0 unspecified atom stereocenters. The lowest BCUT2D eigenvalue weighted by Gasteiger charge is -2.10. The van der Waals surface area contributed by atoms with Crippen LogP contribution in [0.15, 0.2) is 32.0 Å². The summed E-state index contributed by atoms with van der Waals surface area (Å²) >= 11 is 5.12. The minimum absolute atomic E-state index is 0.113. The highest BCUT2D eigenvalue weighted by atomic mass is 79.9. The zero-order chi connectivity index (χ0) is 14.0. The Hall–Kier alpha value is -1.01. The summed E-state index contributed by atoms with van der Waals surface area (Å²) in [5.74, 6) is 1.95. The Balaban J connectivity index is 2.04. The molecule has 1 aromatic heterocycles. The summed E-state index contributed by atoms with van der Waals surface area (Å²) in [6, 6.07) is 5.74. The number of halogens is 1. The second kappa shape index (κ2) is 5.54. The van der Waals surface area contributed by atoms with Crippen LogP contribution in [0.2, 0.25) is 0 Å². The van der Waals surface area contributed by atoms with Gasteiger partial charge in [-0.05, 0) is 34.1 Å². The zero-order valence-electron chi connectivity index (χ0n) is 11.1. The van der Waals surface area contributed by atoms with E-state index in [1.54, 1.807) is 11.8 Å². The molecule has 0 saturated carbocycles. The van der Waals surface area contributed by atoms with E-state index in [0.717, 1.165) is 15.1 Å². The lowest BCUT2D eigenvalue weighted by atomic mass is 9.97. The van der Waals surface area contributed by atoms with Crippen LogP contribution in [0.4, 0.5) is 5.69 Å².